The zero-order valence-electron chi connectivity index (χ0n) is 17.0. The molecule has 0 aliphatic heterocycles. The lowest BCUT2D eigenvalue weighted by atomic mass is 10.1. The van der Waals surface area contributed by atoms with E-state index in [1.165, 1.54) is 41.5 Å². The number of nitrogens with zero attached hydrogens (tertiary/aromatic N) is 6. The lowest BCUT2D eigenvalue weighted by molar-refractivity contribution is -0.143. The number of halogens is 4. The molecule has 0 spiro atoms. The van der Waals surface area contributed by atoms with Gasteiger partial charge in [-0.2, -0.15) is 18.3 Å². The molecule has 2 aromatic carbocycles. The van der Waals surface area contributed by atoms with Crippen LogP contribution in [0.3, 0.4) is 0 Å². The first-order valence-corrected chi connectivity index (χ1v) is 10.2. The van der Waals surface area contributed by atoms with Gasteiger partial charge in [-0.3, -0.25) is 9.78 Å². The van der Waals surface area contributed by atoms with Crippen molar-refractivity contribution in [1.82, 2.24) is 29.8 Å². The molecule has 0 aliphatic rings. The average Bonchev–Trinajstić information content (AvgIpc) is 3.49. The van der Waals surface area contributed by atoms with Gasteiger partial charge in [0.25, 0.3) is 5.91 Å². The van der Waals surface area contributed by atoms with Crippen LogP contribution >= 0.6 is 11.6 Å². The average molecular weight is 484 g/mol. The molecule has 0 fully saturated rings. The Balaban J connectivity index is 1.53. The highest BCUT2D eigenvalue weighted by Gasteiger charge is 2.41. The summed E-state index contributed by atoms with van der Waals surface area (Å²) < 4.78 is 44.4. The van der Waals surface area contributed by atoms with Gasteiger partial charge in [0.2, 0.25) is 0 Å². The van der Waals surface area contributed by atoms with Gasteiger partial charge in [0.15, 0.2) is 5.69 Å². The number of carbonyl (C=O) groups excluding carboxylic acids is 1. The zero-order valence-corrected chi connectivity index (χ0v) is 17.8. The van der Waals surface area contributed by atoms with E-state index >= 15 is 0 Å². The summed E-state index contributed by atoms with van der Waals surface area (Å²) in [4.78, 5) is 16.9. The van der Waals surface area contributed by atoms with E-state index in [-0.39, 0.29) is 16.4 Å². The maximum Gasteiger partial charge on any atom is 0.434 e. The van der Waals surface area contributed by atoms with Crippen LogP contribution in [0, 0.1) is 0 Å². The Hall–Kier alpha value is -4.25. The standard InChI is InChI=1S/C22H13ClF3N7O/c23-17-10-14(4-5-19(17)32-9-8-28-31-32)30-21(34)16-12-29-33(20(16)22(24,25)26)18-3-1-2-13-6-7-27-11-15(13)18/h1-12H,(H,30,34). The molecule has 0 unspecified atom stereocenters. The third-order valence-electron chi connectivity index (χ3n) is 5.05. The molecule has 5 aromatic rings. The number of hydrogen-bond acceptors (Lipinski definition) is 5. The van der Waals surface area contributed by atoms with Crippen molar-refractivity contribution in [2.75, 3.05) is 5.32 Å². The Morgan fingerprint density at radius 3 is 2.62 bits per heavy atom. The van der Waals surface area contributed by atoms with Crippen molar-refractivity contribution in [2.24, 2.45) is 0 Å². The Morgan fingerprint density at radius 2 is 1.88 bits per heavy atom. The molecule has 0 aliphatic carbocycles. The molecule has 0 bridgehead atoms. The quantitative estimate of drug-likeness (QED) is 0.391. The zero-order chi connectivity index (χ0) is 23.9. The number of pyridine rings is 1. The monoisotopic (exact) mass is 483 g/mol. The van der Waals surface area contributed by atoms with E-state index in [0.29, 0.717) is 21.1 Å². The molecular formula is C22H13ClF3N7O. The van der Waals surface area contributed by atoms with Crippen molar-refractivity contribution < 1.29 is 18.0 Å². The van der Waals surface area contributed by atoms with Crippen LogP contribution in [0.4, 0.5) is 18.9 Å². The van der Waals surface area contributed by atoms with Gasteiger partial charge in [-0.15, -0.1) is 5.10 Å². The maximum absolute atomic E-state index is 14.1. The van der Waals surface area contributed by atoms with Crippen molar-refractivity contribution in [3.8, 4) is 11.4 Å². The van der Waals surface area contributed by atoms with Crippen molar-refractivity contribution in [2.45, 2.75) is 6.18 Å². The van der Waals surface area contributed by atoms with Crippen LogP contribution in [0.1, 0.15) is 16.1 Å². The summed E-state index contributed by atoms with van der Waals surface area (Å²) in [5.41, 5.74) is -0.992. The molecule has 170 valence electrons. The van der Waals surface area contributed by atoms with Crippen molar-refractivity contribution in [1.29, 1.82) is 0 Å². The molecule has 34 heavy (non-hydrogen) atoms. The second-order valence-electron chi connectivity index (χ2n) is 7.16. The van der Waals surface area contributed by atoms with Gasteiger partial charge in [-0.25, -0.2) is 9.36 Å². The number of aromatic nitrogens is 6. The minimum Gasteiger partial charge on any atom is -0.322 e. The number of benzene rings is 2. The van der Waals surface area contributed by atoms with Crippen LogP contribution in [0.15, 0.2) is 73.4 Å². The number of anilines is 1. The third-order valence-corrected chi connectivity index (χ3v) is 5.35. The van der Waals surface area contributed by atoms with Crippen LogP contribution in [0.25, 0.3) is 22.1 Å². The molecule has 1 amide bonds. The summed E-state index contributed by atoms with van der Waals surface area (Å²) in [6, 6.07) is 11.0. The minimum atomic E-state index is -4.86. The molecule has 8 nitrogen and oxygen atoms in total. The topological polar surface area (TPSA) is 90.5 Å². The summed E-state index contributed by atoms with van der Waals surface area (Å²) in [6.07, 6.45) is 2.06. The molecule has 1 N–H and O–H groups in total. The summed E-state index contributed by atoms with van der Waals surface area (Å²) in [5, 5.41) is 15.2. The van der Waals surface area contributed by atoms with E-state index < -0.39 is 23.3 Å². The highest BCUT2D eigenvalue weighted by atomic mass is 35.5. The van der Waals surface area contributed by atoms with Gasteiger partial charge in [-0.05, 0) is 35.7 Å². The fourth-order valence-corrected chi connectivity index (χ4v) is 3.82. The maximum atomic E-state index is 14.1. The molecule has 12 heteroatoms. The van der Waals surface area contributed by atoms with Crippen LogP contribution in [0.2, 0.25) is 5.02 Å². The van der Waals surface area contributed by atoms with E-state index in [1.54, 1.807) is 30.5 Å². The Bertz CT molecular complexity index is 1510. The molecule has 3 heterocycles. The van der Waals surface area contributed by atoms with E-state index in [9.17, 15) is 18.0 Å². The largest absolute Gasteiger partial charge is 0.434 e. The van der Waals surface area contributed by atoms with Gasteiger partial charge in [0, 0.05) is 23.5 Å². The van der Waals surface area contributed by atoms with Crippen LogP contribution in [0.5, 0.6) is 0 Å². The van der Waals surface area contributed by atoms with Crippen molar-refractivity contribution in [3.05, 3.63) is 89.7 Å². The molecular weight excluding hydrogens is 471 g/mol. The number of nitrogens with one attached hydrogen (secondary N) is 1. The fraction of sp³-hybridized carbons (Fsp3) is 0.0455. The van der Waals surface area contributed by atoms with Gasteiger partial charge in [0.05, 0.1) is 40.6 Å². The Morgan fingerprint density at radius 1 is 1.03 bits per heavy atom. The predicted octanol–water partition coefficient (Wildman–Crippen LogP) is 4.93. The van der Waals surface area contributed by atoms with E-state index in [4.69, 9.17) is 11.6 Å². The number of fused-ring (bicyclic) bond motifs is 1. The highest BCUT2D eigenvalue weighted by Crippen LogP contribution is 2.35. The summed E-state index contributed by atoms with van der Waals surface area (Å²) in [7, 11) is 0. The summed E-state index contributed by atoms with van der Waals surface area (Å²) in [5.74, 6) is -0.985. The van der Waals surface area contributed by atoms with Gasteiger partial charge in [-0.1, -0.05) is 28.9 Å². The SMILES string of the molecule is O=C(Nc1ccc(-n2ccnn2)c(Cl)c1)c1cnn(-c2cccc3ccncc23)c1C(F)(F)F. The minimum absolute atomic E-state index is 0.150. The normalized spacial score (nSPS) is 11.6. The van der Waals surface area contributed by atoms with Gasteiger partial charge < -0.3 is 5.32 Å². The van der Waals surface area contributed by atoms with Crippen LogP contribution < -0.4 is 5.32 Å². The van der Waals surface area contributed by atoms with E-state index in [2.05, 4.69) is 25.7 Å². The first-order valence-electron chi connectivity index (χ1n) is 9.79. The van der Waals surface area contributed by atoms with Crippen LogP contribution in [-0.4, -0.2) is 35.7 Å². The predicted molar refractivity (Wildman–Crippen MR) is 118 cm³/mol. The Kier molecular flexibility index (Phi) is 5.25. The highest BCUT2D eigenvalue weighted by molar-refractivity contribution is 6.32. The lowest BCUT2D eigenvalue weighted by Crippen LogP contribution is -2.21. The van der Waals surface area contributed by atoms with Crippen LogP contribution in [-0.2, 0) is 6.18 Å². The second-order valence-corrected chi connectivity index (χ2v) is 7.57. The van der Waals surface area contributed by atoms with Gasteiger partial charge >= 0.3 is 6.18 Å². The first kappa shape index (κ1) is 21.6. The molecule has 0 radical (unpaired) electrons. The summed E-state index contributed by atoms with van der Waals surface area (Å²) >= 11 is 6.25. The number of carbonyl (C=O) groups is 1. The molecule has 0 saturated carbocycles. The summed E-state index contributed by atoms with van der Waals surface area (Å²) in [6.45, 7) is 0. The fourth-order valence-electron chi connectivity index (χ4n) is 3.56. The number of alkyl halides is 3. The Labute approximate surface area is 194 Å². The number of hydrogen-bond donors (Lipinski definition) is 1. The van der Waals surface area contributed by atoms with E-state index in [0.717, 1.165) is 6.20 Å². The first-order chi connectivity index (χ1) is 16.3. The number of rotatable bonds is 4. The van der Waals surface area contributed by atoms with Crippen molar-refractivity contribution in [3.63, 3.8) is 0 Å². The van der Waals surface area contributed by atoms with Crippen molar-refractivity contribution >= 4 is 34.0 Å². The molecule has 0 atom stereocenters. The smallest absolute Gasteiger partial charge is 0.322 e. The molecule has 0 saturated heterocycles. The molecule has 5 rings (SSSR count). The van der Waals surface area contributed by atoms with E-state index in [1.807, 2.05) is 0 Å². The molecule has 3 aromatic heterocycles. The van der Waals surface area contributed by atoms with Gasteiger partial charge in [0.1, 0.15) is 0 Å². The second kappa shape index (κ2) is 8.27. The number of amides is 1. The third kappa shape index (κ3) is 3.86. The lowest BCUT2D eigenvalue weighted by Gasteiger charge is -2.14.